The number of carbonyl (C=O) groups is 1. The van der Waals surface area contributed by atoms with Gasteiger partial charge in [0.25, 0.3) is 0 Å². The molecule has 0 aromatic carbocycles. The van der Waals surface area contributed by atoms with Crippen molar-refractivity contribution in [3.05, 3.63) is 18.7 Å². The molecule has 0 spiro atoms. The predicted octanol–water partition coefficient (Wildman–Crippen LogP) is 0.798. The Labute approximate surface area is 130 Å². The van der Waals surface area contributed by atoms with E-state index in [1.54, 1.807) is 12.4 Å². The summed E-state index contributed by atoms with van der Waals surface area (Å²) in [5.74, 6) is 1.59. The van der Waals surface area contributed by atoms with Gasteiger partial charge in [-0.1, -0.05) is 0 Å². The van der Waals surface area contributed by atoms with E-state index in [1.165, 1.54) is 6.33 Å². The average Bonchev–Trinajstić information content (AvgIpc) is 3.08. The number of fused-ring (bicyclic) bond motifs is 1. The Balaban J connectivity index is 1.37. The van der Waals surface area contributed by atoms with Crippen molar-refractivity contribution in [2.75, 3.05) is 44.3 Å². The summed E-state index contributed by atoms with van der Waals surface area (Å²) in [6.45, 7) is 5.67. The standard InChI is InChI=1S/C16H22N4O2/c21-16-15-10-19(7-12-1-3-22-4-2-12)8-13(15)9-20(16)14-5-17-11-18-6-14/h5-6,11-13,15H,1-4,7-10H2/t13-,15-/m0/s1. The first kappa shape index (κ1) is 14.1. The van der Waals surface area contributed by atoms with Crippen LogP contribution in [0.15, 0.2) is 18.7 Å². The highest BCUT2D eigenvalue weighted by atomic mass is 16.5. The van der Waals surface area contributed by atoms with Crippen LogP contribution in [0.3, 0.4) is 0 Å². The van der Waals surface area contributed by atoms with Gasteiger partial charge in [-0.3, -0.25) is 4.79 Å². The largest absolute Gasteiger partial charge is 0.381 e. The van der Waals surface area contributed by atoms with Crippen LogP contribution in [0.25, 0.3) is 0 Å². The molecule has 3 aliphatic rings. The maximum Gasteiger partial charge on any atom is 0.231 e. The quantitative estimate of drug-likeness (QED) is 0.826. The van der Waals surface area contributed by atoms with Crippen LogP contribution in [-0.4, -0.2) is 60.2 Å². The van der Waals surface area contributed by atoms with E-state index in [0.29, 0.717) is 5.92 Å². The molecule has 0 bridgehead atoms. The second-order valence-electron chi connectivity index (χ2n) is 6.69. The molecule has 0 N–H and O–H groups in total. The SMILES string of the molecule is O=C1[C@H]2CN(CC3CCOCC3)C[C@H]2CN1c1cncnc1. The normalized spacial score (nSPS) is 30.0. The van der Waals surface area contributed by atoms with E-state index in [2.05, 4.69) is 14.9 Å². The van der Waals surface area contributed by atoms with Gasteiger partial charge in [-0.15, -0.1) is 0 Å². The number of amides is 1. The number of anilines is 1. The topological polar surface area (TPSA) is 58.6 Å². The molecule has 0 radical (unpaired) electrons. The zero-order valence-corrected chi connectivity index (χ0v) is 12.7. The second kappa shape index (κ2) is 5.93. The van der Waals surface area contributed by atoms with Gasteiger partial charge in [-0.25, -0.2) is 9.97 Å². The Morgan fingerprint density at radius 2 is 1.91 bits per heavy atom. The fourth-order valence-electron chi connectivity index (χ4n) is 4.06. The van der Waals surface area contributed by atoms with Gasteiger partial charge in [0.2, 0.25) is 5.91 Å². The van der Waals surface area contributed by atoms with Crippen LogP contribution in [0.5, 0.6) is 0 Å². The molecule has 1 aromatic rings. The number of ether oxygens (including phenoxy) is 1. The molecule has 118 valence electrons. The Morgan fingerprint density at radius 1 is 1.14 bits per heavy atom. The van der Waals surface area contributed by atoms with Gasteiger partial charge in [0.1, 0.15) is 6.33 Å². The molecule has 2 atom stereocenters. The molecule has 0 saturated carbocycles. The molecule has 1 amide bonds. The number of rotatable bonds is 3. The van der Waals surface area contributed by atoms with Crippen LogP contribution >= 0.6 is 0 Å². The minimum absolute atomic E-state index is 0.153. The van der Waals surface area contributed by atoms with Gasteiger partial charge < -0.3 is 14.5 Å². The number of hydrogen-bond donors (Lipinski definition) is 0. The molecule has 6 heteroatoms. The summed E-state index contributed by atoms with van der Waals surface area (Å²) in [5.41, 5.74) is 0.831. The third kappa shape index (κ3) is 2.61. The predicted molar refractivity (Wildman–Crippen MR) is 81.3 cm³/mol. The van der Waals surface area contributed by atoms with Crippen LogP contribution < -0.4 is 4.90 Å². The lowest BCUT2D eigenvalue weighted by Crippen LogP contribution is -2.36. The first-order valence-electron chi connectivity index (χ1n) is 8.18. The lowest BCUT2D eigenvalue weighted by atomic mass is 10.00. The minimum Gasteiger partial charge on any atom is -0.381 e. The van der Waals surface area contributed by atoms with E-state index in [0.717, 1.165) is 63.8 Å². The van der Waals surface area contributed by atoms with Crippen LogP contribution in [-0.2, 0) is 9.53 Å². The van der Waals surface area contributed by atoms with Gasteiger partial charge in [0, 0.05) is 45.3 Å². The van der Waals surface area contributed by atoms with Crippen LogP contribution in [0.4, 0.5) is 5.69 Å². The summed E-state index contributed by atoms with van der Waals surface area (Å²) < 4.78 is 5.43. The molecule has 4 rings (SSSR count). The monoisotopic (exact) mass is 302 g/mol. The molecule has 3 saturated heterocycles. The zero-order chi connectivity index (χ0) is 14.9. The third-order valence-electron chi connectivity index (χ3n) is 5.23. The lowest BCUT2D eigenvalue weighted by molar-refractivity contribution is -0.120. The van der Waals surface area contributed by atoms with Gasteiger partial charge in [-0.05, 0) is 18.8 Å². The Morgan fingerprint density at radius 3 is 2.64 bits per heavy atom. The first-order valence-corrected chi connectivity index (χ1v) is 8.18. The summed E-state index contributed by atoms with van der Waals surface area (Å²) >= 11 is 0. The van der Waals surface area contributed by atoms with E-state index >= 15 is 0 Å². The van der Waals surface area contributed by atoms with Crippen molar-refractivity contribution in [2.45, 2.75) is 12.8 Å². The molecule has 3 fully saturated rings. The maximum absolute atomic E-state index is 12.6. The molecule has 22 heavy (non-hydrogen) atoms. The molecule has 6 nitrogen and oxygen atoms in total. The number of nitrogens with zero attached hydrogens (tertiary/aromatic N) is 4. The molecular formula is C16H22N4O2. The average molecular weight is 302 g/mol. The minimum atomic E-state index is 0.153. The summed E-state index contributed by atoms with van der Waals surface area (Å²) in [6.07, 6.45) is 7.28. The second-order valence-corrected chi connectivity index (χ2v) is 6.69. The van der Waals surface area contributed by atoms with Gasteiger partial charge in [-0.2, -0.15) is 0 Å². The number of hydrogen-bond acceptors (Lipinski definition) is 5. The van der Waals surface area contributed by atoms with E-state index < -0.39 is 0 Å². The van der Waals surface area contributed by atoms with E-state index in [-0.39, 0.29) is 11.8 Å². The van der Waals surface area contributed by atoms with Crippen molar-refractivity contribution in [1.82, 2.24) is 14.9 Å². The Bertz CT molecular complexity index is 532. The summed E-state index contributed by atoms with van der Waals surface area (Å²) in [6, 6.07) is 0. The van der Waals surface area contributed by atoms with Crippen LogP contribution in [0, 0.1) is 17.8 Å². The van der Waals surface area contributed by atoms with Crippen molar-refractivity contribution < 1.29 is 9.53 Å². The fourth-order valence-corrected chi connectivity index (χ4v) is 4.06. The lowest BCUT2D eigenvalue weighted by Gasteiger charge is -2.28. The molecule has 0 aliphatic carbocycles. The fraction of sp³-hybridized carbons (Fsp3) is 0.688. The van der Waals surface area contributed by atoms with Gasteiger partial charge in [0.15, 0.2) is 0 Å². The Hall–Kier alpha value is -1.53. The van der Waals surface area contributed by atoms with Crippen molar-refractivity contribution in [2.24, 2.45) is 17.8 Å². The van der Waals surface area contributed by atoms with E-state index in [9.17, 15) is 4.79 Å². The third-order valence-corrected chi connectivity index (χ3v) is 5.23. The molecule has 4 heterocycles. The highest BCUT2D eigenvalue weighted by molar-refractivity contribution is 5.97. The molecular weight excluding hydrogens is 280 g/mol. The smallest absolute Gasteiger partial charge is 0.231 e. The molecule has 3 aliphatic heterocycles. The summed E-state index contributed by atoms with van der Waals surface area (Å²) in [4.78, 5) is 25.0. The van der Waals surface area contributed by atoms with Crippen LogP contribution in [0.2, 0.25) is 0 Å². The molecule has 0 unspecified atom stereocenters. The maximum atomic E-state index is 12.6. The first-order chi connectivity index (χ1) is 10.8. The number of aromatic nitrogens is 2. The Kier molecular flexibility index (Phi) is 3.80. The zero-order valence-electron chi connectivity index (χ0n) is 12.7. The molecule has 1 aromatic heterocycles. The van der Waals surface area contributed by atoms with Crippen molar-refractivity contribution in [1.29, 1.82) is 0 Å². The van der Waals surface area contributed by atoms with Crippen molar-refractivity contribution >= 4 is 11.6 Å². The summed E-state index contributed by atoms with van der Waals surface area (Å²) in [7, 11) is 0. The highest BCUT2D eigenvalue weighted by Crippen LogP contribution is 2.35. The summed E-state index contributed by atoms with van der Waals surface area (Å²) in [5, 5.41) is 0. The highest BCUT2D eigenvalue weighted by Gasteiger charge is 2.46. The van der Waals surface area contributed by atoms with E-state index in [1.807, 2.05) is 4.90 Å². The van der Waals surface area contributed by atoms with Gasteiger partial charge >= 0.3 is 0 Å². The van der Waals surface area contributed by atoms with E-state index in [4.69, 9.17) is 4.74 Å². The number of likely N-dealkylation sites (tertiary alicyclic amines) is 1. The van der Waals surface area contributed by atoms with Gasteiger partial charge in [0.05, 0.1) is 24.0 Å². The van der Waals surface area contributed by atoms with Crippen molar-refractivity contribution in [3.8, 4) is 0 Å². The van der Waals surface area contributed by atoms with Crippen LogP contribution in [0.1, 0.15) is 12.8 Å². The van der Waals surface area contributed by atoms with Crippen molar-refractivity contribution in [3.63, 3.8) is 0 Å². The number of carbonyl (C=O) groups excluding carboxylic acids is 1.